The van der Waals surface area contributed by atoms with Gasteiger partial charge in [0.25, 0.3) is 0 Å². The first-order valence-electron chi connectivity index (χ1n) is 15.0. The predicted octanol–water partition coefficient (Wildman–Crippen LogP) is 4.87. The molecule has 0 spiro atoms. The molecule has 44 heavy (non-hydrogen) atoms. The molecule has 1 aliphatic carbocycles. The summed E-state index contributed by atoms with van der Waals surface area (Å²) < 4.78 is 38.2. The van der Waals surface area contributed by atoms with Gasteiger partial charge in [-0.1, -0.05) is 79.4 Å². The van der Waals surface area contributed by atoms with Crippen LogP contribution in [0.5, 0.6) is 11.5 Å². The highest BCUT2D eigenvalue weighted by Gasteiger charge is 2.34. The molecule has 0 unspecified atom stereocenters. The van der Waals surface area contributed by atoms with Gasteiger partial charge in [0.1, 0.15) is 24.1 Å². The lowest BCUT2D eigenvalue weighted by Gasteiger charge is -2.35. The van der Waals surface area contributed by atoms with Gasteiger partial charge in [-0.15, -0.1) is 0 Å². The maximum Gasteiger partial charge on any atom is 0.244 e. The number of ether oxygens (including phenoxy) is 2. The minimum absolute atomic E-state index is 0.0407. The molecule has 1 fully saturated rings. The normalized spacial score (nSPS) is 14.4. The van der Waals surface area contributed by atoms with Crippen molar-refractivity contribution >= 4 is 27.5 Å². The number of benzene rings is 3. The van der Waals surface area contributed by atoms with Crippen molar-refractivity contribution in [3.05, 3.63) is 89.5 Å². The van der Waals surface area contributed by atoms with Gasteiger partial charge in [-0.05, 0) is 43.0 Å². The fraction of sp³-hybridized carbons (Fsp3) is 0.412. The Labute approximate surface area is 261 Å². The lowest BCUT2D eigenvalue weighted by molar-refractivity contribution is -0.140. The molecule has 3 aromatic rings. The van der Waals surface area contributed by atoms with Gasteiger partial charge in [0, 0.05) is 25.1 Å². The first-order valence-corrected chi connectivity index (χ1v) is 16.8. The maximum absolute atomic E-state index is 14.4. The Balaban J connectivity index is 1.76. The molecule has 1 saturated carbocycles. The molecule has 10 heteroatoms. The van der Waals surface area contributed by atoms with Crippen molar-refractivity contribution < 1.29 is 27.5 Å². The zero-order chi connectivity index (χ0) is 31.7. The maximum atomic E-state index is 14.4. The zero-order valence-corrected chi connectivity index (χ0v) is 26.8. The van der Waals surface area contributed by atoms with E-state index in [2.05, 4.69) is 5.32 Å². The third kappa shape index (κ3) is 8.75. The number of nitrogens with zero attached hydrogens (tertiary/aromatic N) is 2. The fourth-order valence-corrected chi connectivity index (χ4v) is 6.54. The van der Waals surface area contributed by atoms with Gasteiger partial charge in [0.15, 0.2) is 0 Å². The molecule has 0 bridgehead atoms. The van der Waals surface area contributed by atoms with E-state index in [1.54, 1.807) is 12.1 Å². The Morgan fingerprint density at radius 3 is 2.25 bits per heavy atom. The van der Waals surface area contributed by atoms with E-state index in [9.17, 15) is 18.0 Å². The van der Waals surface area contributed by atoms with E-state index in [1.807, 2.05) is 61.5 Å². The lowest BCUT2D eigenvalue weighted by Crippen LogP contribution is -2.55. The van der Waals surface area contributed by atoms with Crippen molar-refractivity contribution in [2.24, 2.45) is 0 Å². The molecule has 0 aromatic heterocycles. The highest BCUT2D eigenvalue weighted by atomic mass is 32.2. The molecule has 1 aliphatic rings. The molecule has 0 heterocycles. The Hall–Kier alpha value is -4.05. The molecule has 0 radical (unpaired) electrons. The van der Waals surface area contributed by atoms with E-state index in [-0.39, 0.29) is 36.4 Å². The fourth-order valence-electron chi connectivity index (χ4n) is 5.69. The smallest absolute Gasteiger partial charge is 0.244 e. The van der Waals surface area contributed by atoms with Crippen molar-refractivity contribution in [1.82, 2.24) is 10.2 Å². The summed E-state index contributed by atoms with van der Waals surface area (Å²) in [5.74, 6) is -0.0781. The van der Waals surface area contributed by atoms with Crippen LogP contribution in [-0.4, -0.2) is 64.2 Å². The standard InChI is InChI=1S/C34H43N3O6S/c1-25-12-11-15-27(20-25)23-36(31(21-26-13-7-5-8-14-26)34(39)35-28-16-9-6-10-17-28)33(38)24-37(44(4,40)41)30-22-29(42-2)18-19-32(30)43-3/h5,7-8,11-15,18-20,22,28,31H,6,9-10,16-17,21,23-24H2,1-4H3,(H,35,39)/t31-/m1/s1. The van der Waals surface area contributed by atoms with E-state index >= 15 is 0 Å². The Morgan fingerprint density at radius 1 is 0.909 bits per heavy atom. The highest BCUT2D eigenvalue weighted by Crippen LogP contribution is 2.34. The monoisotopic (exact) mass is 621 g/mol. The van der Waals surface area contributed by atoms with Crippen LogP contribution in [0.3, 0.4) is 0 Å². The van der Waals surface area contributed by atoms with Crippen LogP contribution < -0.4 is 19.1 Å². The summed E-state index contributed by atoms with van der Waals surface area (Å²) in [6, 6.07) is 21.3. The molecule has 0 aliphatic heterocycles. The van der Waals surface area contributed by atoms with Crippen LogP contribution in [-0.2, 0) is 32.6 Å². The van der Waals surface area contributed by atoms with E-state index < -0.39 is 28.5 Å². The van der Waals surface area contributed by atoms with Crippen molar-refractivity contribution in [1.29, 1.82) is 0 Å². The second-order valence-electron chi connectivity index (χ2n) is 11.4. The summed E-state index contributed by atoms with van der Waals surface area (Å²) in [6.07, 6.45) is 6.35. The average molecular weight is 622 g/mol. The summed E-state index contributed by atoms with van der Waals surface area (Å²) in [4.78, 5) is 30.0. The number of methoxy groups -OCH3 is 2. The molecule has 0 saturated heterocycles. The summed E-state index contributed by atoms with van der Waals surface area (Å²) in [5.41, 5.74) is 2.92. The molecule has 3 aromatic carbocycles. The van der Waals surface area contributed by atoms with Crippen molar-refractivity contribution in [3.63, 3.8) is 0 Å². The second-order valence-corrected chi connectivity index (χ2v) is 13.3. The Kier molecular flexibility index (Phi) is 11.3. The zero-order valence-electron chi connectivity index (χ0n) is 26.0. The van der Waals surface area contributed by atoms with Crippen LogP contribution in [0.25, 0.3) is 0 Å². The summed E-state index contributed by atoms with van der Waals surface area (Å²) in [5, 5.41) is 3.22. The molecule has 1 atom stereocenters. The highest BCUT2D eigenvalue weighted by molar-refractivity contribution is 7.92. The van der Waals surface area contributed by atoms with Crippen LogP contribution in [0.1, 0.15) is 48.8 Å². The van der Waals surface area contributed by atoms with Gasteiger partial charge in [-0.2, -0.15) is 0 Å². The number of nitrogens with one attached hydrogen (secondary N) is 1. The third-order valence-corrected chi connectivity index (χ3v) is 9.12. The van der Waals surface area contributed by atoms with Gasteiger partial charge in [0.05, 0.1) is 26.2 Å². The quantitative estimate of drug-likeness (QED) is 0.292. The third-order valence-electron chi connectivity index (χ3n) is 7.99. The second kappa shape index (κ2) is 15.1. The molecular weight excluding hydrogens is 578 g/mol. The molecule has 236 valence electrons. The van der Waals surface area contributed by atoms with Crippen LogP contribution in [0.2, 0.25) is 0 Å². The van der Waals surface area contributed by atoms with E-state index in [1.165, 1.54) is 25.2 Å². The first-order chi connectivity index (χ1) is 21.1. The van der Waals surface area contributed by atoms with Gasteiger partial charge < -0.3 is 19.7 Å². The van der Waals surface area contributed by atoms with E-state index in [0.717, 1.165) is 59.4 Å². The first kappa shape index (κ1) is 32.9. The predicted molar refractivity (Wildman–Crippen MR) is 172 cm³/mol. The number of hydrogen-bond donors (Lipinski definition) is 1. The Bertz CT molecular complexity index is 1520. The van der Waals surface area contributed by atoms with Crippen LogP contribution in [0.15, 0.2) is 72.8 Å². The largest absolute Gasteiger partial charge is 0.497 e. The van der Waals surface area contributed by atoms with Crippen LogP contribution in [0.4, 0.5) is 5.69 Å². The topological polar surface area (TPSA) is 105 Å². The molecule has 9 nitrogen and oxygen atoms in total. The van der Waals surface area contributed by atoms with Gasteiger partial charge in [-0.3, -0.25) is 13.9 Å². The van der Waals surface area contributed by atoms with E-state index in [4.69, 9.17) is 9.47 Å². The SMILES string of the molecule is COc1ccc(OC)c(N(CC(=O)N(Cc2cccc(C)c2)[C@H](Cc2ccccc2)C(=O)NC2CCCCC2)S(C)(=O)=O)c1. The van der Waals surface area contributed by atoms with Crippen LogP contribution in [0, 0.1) is 6.92 Å². The van der Waals surface area contributed by atoms with Gasteiger partial charge >= 0.3 is 0 Å². The van der Waals surface area contributed by atoms with Crippen molar-refractivity contribution in [2.75, 3.05) is 31.3 Å². The lowest BCUT2D eigenvalue weighted by atomic mass is 9.94. The van der Waals surface area contributed by atoms with Crippen LogP contribution >= 0.6 is 0 Å². The summed E-state index contributed by atoms with van der Waals surface area (Å²) in [7, 11) is -1.05. The van der Waals surface area contributed by atoms with Crippen molar-refractivity contribution in [3.8, 4) is 11.5 Å². The summed E-state index contributed by atoms with van der Waals surface area (Å²) >= 11 is 0. The van der Waals surface area contributed by atoms with Gasteiger partial charge in [0.2, 0.25) is 21.8 Å². The van der Waals surface area contributed by atoms with E-state index in [0.29, 0.717) is 5.75 Å². The number of aryl methyl sites for hydroxylation is 1. The number of anilines is 1. The Morgan fingerprint density at radius 2 is 1.61 bits per heavy atom. The number of carbonyl (C=O) groups is 2. The van der Waals surface area contributed by atoms with Gasteiger partial charge in [-0.25, -0.2) is 8.42 Å². The minimum atomic E-state index is -3.96. The number of amides is 2. The number of rotatable bonds is 13. The molecule has 1 N–H and O–H groups in total. The molecule has 2 amide bonds. The molecular formula is C34H43N3O6S. The average Bonchev–Trinajstić information content (AvgIpc) is 3.01. The number of carbonyl (C=O) groups excluding carboxylic acids is 2. The summed E-state index contributed by atoms with van der Waals surface area (Å²) in [6.45, 7) is 1.56. The number of hydrogen-bond acceptors (Lipinski definition) is 6. The van der Waals surface area contributed by atoms with Crippen molar-refractivity contribution in [2.45, 2.75) is 64.1 Å². The minimum Gasteiger partial charge on any atom is -0.497 e. The number of sulfonamides is 1. The molecule has 4 rings (SSSR count).